The summed E-state index contributed by atoms with van der Waals surface area (Å²) in [7, 11) is 0. The molecule has 138 valence electrons. The maximum atomic E-state index is 12.7. The molecule has 2 aliphatic heterocycles. The zero-order valence-electron chi connectivity index (χ0n) is 14.6. The first-order valence-corrected chi connectivity index (χ1v) is 8.57. The van der Waals surface area contributed by atoms with Gasteiger partial charge in [0.15, 0.2) is 0 Å². The van der Waals surface area contributed by atoms with Gasteiger partial charge >= 0.3 is 5.97 Å². The van der Waals surface area contributed by atoms with Crippen LogP contribution >= 0.6 is 0 Å². The molecule has 1 fully saturated rings. The Balaban J connectivity index is 1.79. The summed E-state index contributed by atoms with van der Waals surface area (Å²) in [5, 5.41) is 12.0. The molecule has 1 aromatic carbocycles. The highest BCUT2D eigenvalue weighted by Crippen LogP contribution is 2.33. The fraction of sp³-hybridized carbons (Fsp3) is 0.421. The quantitative estimate of drug-likeness (QED) is 0.835. The molecule has 0 aromatic heterocycles. The Labute approximate surface area is 151 Å². The molecule has 3 rings (SSSR count). The number of hydrogen-bond donors (Lipinski definition) is 2. The number of fused-ring (bicyclic) bond motifs is 1. The highest BCUT2D eigenvalue weighted by molar-refractivity contribution is 5.82. The first-order chi connectivity index (χ1) is 12.4. The smallest absolute Gasteiger partial charge is 0.305 e. The van der Waals surface area contributed by atoms with Crippen molar-refractivity contribution >= 4 is 23.9 Å². The van der Waals surface area contributed by atoms with E-state index < -0.39 is 17.6 Å². The van der Waals surface area contributed by atoms with E-state index in [9.17, 15) is 14.4 Å². The number of rotatable bonds is 5. The van der Waals surface area contributed by atoms with Gasteiger partial charge in [-0.15, -0.1) is 0 Å². The minimum Gasteiger partial charge on any atom is -0.481 e. The van der Waals surface area contributed by atoms with Crippen LogP contribution in [0.4, 0.5) is 0 Å². The number of amides is 2. The van der Waals surface area contributed by atoms with Crippen LogP contribution in [0, 0.1) is 0 Å². The fourth-order valence-corrected chi connectivity index (χ4v) is 3.61. The van der Waals surface area contributed by atoms with Crippen LogP contribution in [0.25, 0.3) is 6.08 Å². The number of carboxylic acids is 1. The van der Waals surface area contributed by atoms with Gasteiger partial charge in [0.05, 0.1) is 31.0 Å². The van der Waals surface area contributed by atoms with Gasteiger partial charge in [-0.2, -0.15) is 0 Å². The van der Waals surface area contributed by atoms with Crippen LogP contribution in [0.3, 0.4) is 0 Å². The highest BCUT2D eigenvalue weighted by Gasteiger charge is 2.39. The summed E-state index contributed by atoms with van der Waals surface area (Å²) in [6, 6.07) is 7.20. The first-order valence-electron chi connectivity index (χ1n) is 8.57. The molecular formula is C19H22N2O5. The number of ether oxygens (including phenoxy) is 1. The van der Waals surface area contributed by atoms with Gasteiger partial charge in [0, 0.05) is 19.7 Å². The SMILES string of the molecule is CC(=O)N1C=Cc2ccccc2C1CC(=O)NC1(CC(=O)O)CCOC1. The molecule has 2 atom stereocenters. The van der Waals surface area contributed by atoms with Crippen molar-refractivity contribution in [3.8, 4) is 0 Å². The van der Waals surface area contributed by atoms with Crippen LogP contribution in [0.5, 0.6) is 0 Å². The van der Waals surface area contributed by atoms with Crippen molar-refractivity contribution in [1.29, 1.82) is 0 Å². The minimum atomic E-state index is -0.980. The van der Waals surface area contributed by atoms with Crippen molar-refractivity contribution in [2.45, 2.75) is 37.8 Å². The summed E-state index contributed by atoms with van der Waals surface area (Å²) >= 11 is 0. The average molecular weight is 358 g/mol. The predicted molar refractivity (Wildman–Crippen MR) is 93.9 cm³/mol. The Morgan fingerprint density at radius 3 is 2.77 bits per heavy atom. The van der Waals surface area contributed by atoms with E-state index in [4.69, 9.17) is 9.84 Å². The van der Waals surface area contributed by atoms with E-state index >= 15 is 0 Å². The molecule has 1 saturated heterocycles. The monoisotopic (exact) mass is 358 g/mol. The summed E-state index contributed by atoms with van der Waals surface area (Å²) in [4.78, 5) is 37.4. The van der Waals surface area contributed by atoms with E-state index in [-0.39, 0.29) is 31.3 Å². The van der Waals surface area contributed by atoms with Crippen molar-refractivity contribution in [3.05, 3.63) is 41.6 Å². The van der Waals surface area contributed by atoms with Gasteiger partial charge in [0.1, 0.15) is 0 Å². The third-order valence-corrected chi connectivity index (χ3v) is 4.85. The predicted octanol–water partition coefficient (Wildman–Crippen LogP) is 1.70. The highest BCUT2D eigenvalue weighted by atomic mass is 16.5. The standard InChI is InChI=1S/C19H22N2O5/c1-13(22)21-8-6-14-4-2-3-5-15(14)16(21)10-17(23)20-19(11-18(24)25)7-9-26-12-19/h2-6,8,16H,7,9-12H2,1H3,(H,20,23)(H,24,25). The number of carboxylic acid groups (broad SMARTS) is 1. The number of carbonyl (C=O) groups is 3. The molecule has 2 N–H and O–H groups in total. The third kappa shape index (κ3) is 3.77. The number of benzene rings is 1. The molecule has 0 bridgehead atoms. The van der Waals surface area contributed by atoms with Crippen LogP contribution in [0.15, 0.2) is 30.5 Å². The lowest BCUT2D eigenvalue weighted by atomic mass is 9.91. The van der Waals surface area contributed by atoms with Gasteiger partial charge in [-0.05, 0) is 23.6 Å². The van der Waals surface area contributed by atoms with E-state index in [1.807, 2.05) is 30.3 Å². The Hall–Kier alpha value is -2.67. The summed E-state index contributed by atoms with van der Waals surface area (Å²) in [5.74, 6) is -1.43. The van der Waals surface area contributed by atoms with E-state index in [1.165, 1.54) is 11.8 Å². The molecular weight excluding hydrogens is 336 g/mol. The number of nitrogens with zero attached hydrogens (tertiary/aromatic N) is 1. The van der Waals surface area contributed by atoms with Crippen LogP contribution in [-0.4, -0.2) is 46.5 Å². The van der Waals surface area contributed by atoms with Gasteiger partial charge in [-0.1, -0.05) is 24.3 Å². The van der Waals surface area contributed by atoms with Gasteiger partial charge in [0.2, 0.25) is 11.8 Å². The molecule has 1 aromatic rings. The van der Waals surface area contributed by atoms with Crippen LogP contribution < -0.4 is 5.32 Å². The van der Waals surface area contributed by atoms with Crippen molar-refractivity contribution in [1.82, 2.24) is 10.2 Å². The topological polar surface area (TPSA) is 95.9 Å². The number of aliphatic carboxylic acids is 1. The molecule has 7 heteroatoms. The average Bonchev–Trinajstić information content (AvgIpc) is 3.01. The van der Waals surface area contributed by atoms with E-state index in [2.05, 4.69) is 5.32 Å². The summed E-state index contributed by atoms with van der Waals surface area (Å²) in [6.45, 7) is 2.06. The molecule has 0 spiro atoms. The number of carbonyl (C=O) groups excluding carboxylic acids is 2. The molecule has 0 saturated carbocycles. The minimum absolute atomic E-state index is 0.0578. The van der Waals surface area contributed by atoms with E-state index in [1.54, 1.807) is 6.20 Å². The zero-order valence-corrected chi connectivity index (χ0v) is 14.6. The second kappa shape index (κ2) is 7.29. The van der Waals surface area contributed by atoms with Gasteiger partial charge in [-0.25, -0.2) is 0 Å². The summed E-state index contributed by atoms with van der Waals surface area (Å²) in [6.07, 6.45) is 3.87. The largest absolute Gasteiger partial charge is 0.481 e. The first kappa shape index (κ1) is 18.1. The van der Waals surface area contributed by atoms with Crippen LogP contribution in [0.2, 0.25) is 0 Å². The molecule has 7 nitrogen and oxygen atoms in total. The van der Waals surface area contributed by atoms with Gasteiger partial charge in [-0.3, -0.25) is 14.4 Å². The van der Waals surface area contributed by atoms with Crippen LogP contribution in [0.1, 0.15) is 43.4 Å². The zero-order chi connectivity index (χ0) is 18.7. The molecule has 2 amide bonds. The van der Waals surface area contributed by atoms with E-state index in [0.717, 1.165) is 11.1 Å². The number of hydrogen-bond acceptors (Lipinski definition) is 4. The summed E-state index contributed by atoms with van der Waals surface area (Å²) in [5.41, 5.74) is 0.983. The lowest BCUT2D eigenvalue weighted by Gasteiger charge is -2.34. The Morgan fingerprint density at radius 2 is 2.12 bits per heavy atom. The normalized spacial score (nSPS) is 24.2. The molecule has 2 unspecified atom stereocenters. The van der Waals surface area contributed by atoms with Crippen molar-refractivity contribution < 1.29 is 24.2 Å². The lowest BCUT2D eigenvalue weighted by Crippen LogP contribution is -2.51. The second-order valence-corrected chi connectivity index (χ2v) is 6.79. The lowest BCUT2D eigenvalue weighted by molar-refractivity contribution is -0.139. The maximum Gasteiger partial charge on any atom is 0.305 e. The van der Waals surface area contributed by atoms with Crippen molar-refractivity contribution in [3.63, 3.8) is 0 Å². The molecule has 0 radical (unpaired) electrons. The van der Waals surface area contributed by atoms with Gasteiger partial charge < -0.3 is 20.1 Å². The molecule has 26 heavy (non-hydrogen) atoms. The van der Waals surface area contributed by atoms with Crippen LogP contribution in [-0.2, 0) is 19.1 Å². The van der Waals surface area contributed by atoms with E-state index in [0.29, 0.717) is 13.0 Å². The molecule has 2 aliphatic rings. The Bertz CT molecular complexity index is 752. The van der Waals surface area contributed by atoms with Gasteiger partial charge in [0.25, 0.3) is 0 Å². The maximum absolute atomic E-state index is 12.7. The number of nitrogens with one attached hydrogen (secondary N) is 1. The fourth-order valence-electron chi connectivity index (χ4n) is 3.61. The molecule has 0 aliphatic carbocycles. The Morgan fingerprint density at radius 1 is 1.35 bits per heavy atom. The molecule has 2 heterocycles. The second-order valence-electron chi connectivity index (χ2n) is 6.79. The third-order valence-electron chi connectivity index (χ3n) is 4.85. The Kier molecular flexibility index (Phi) is 5.08. The van der Waals surface area contributed by atoms with Crippen molar-refractivity contribution in [2.75, 3.05) is 13.2 Å². The summed E-state index contributed by atoms with van der Waals surface area (Å²) < 4.78 is 5.31. The van der Waals surface area contributed by atoms with Crippen molar-refractivity contribution in [2.24, 2.45) is 0 Å².